The lowest BCUT2D eigenvalue weighted by molar-refractivity contribution is 1.67. The van der Waals surface area contributed by atoms with Crippen molar-refractivity contribution < 1.29 is 0 Å². The molecule has 0 nitrogen and oxygen atoms in total. The second-order valence-corrected chi connectivity index (χ2v) is 2.38. The largest absolute Gasteiger partial charge is 0.0991 e. The Morgan fingerprint density at radius 3 is 1.92 bits per heavy atom. The first-order valence-electron chi connectivity index (χ1n) is 4.26. The van der Waals surface area contributed by atoms with Crippen LogP contribution in [0, 0.1) is 0 Å². The van der Waals surface area contributed by atoms with Gasteiger partial charge < -0.3 is 0 Å². The summed E-state index contributed by atoms with van der Waals surface area (Å²) in [5.41, 5.74) is 1.17. The number of rotatable bonds is 2. The van der Waals surface area contributed by atoms with Crippen molar-refractivity contribution in [3.63, 3.8) is 0 Å². The van der Waals surface area contributed by atoms with Crippen LogP contribution in [0.15, 0.2) is 61.7 Å². The van der Waals surface area contributed by atoms with Crippen molar-refractivity contribution in [3.8, 4) is 0 Å². The maximum absolute atomic E-state index is 3.63. The molecule has 13 heavy (non-hydrogen) atoms. The second kappa shape index (κ2) is 8.54. The van der Waals surface area contributed by atoms with Crippen LogP contribution in [-0.4, -0.2) is 0 Å². The molecule has 0 aliphatic heterocycles. The zero-order valence-corrected chi connectivity index (χ0v) is 8.11. The van der Waals surface area contributed by atoms with Crippen LogP contribution in [0.25, 0.3) is 6.08 Å². The van der Waals surface area contributed by atoms with Gasteiger partial charge in [-0.15, -0.1) is 0 Å². The minimum absolute atomic E-state index is 1.17. The van der Waals surface area contributed by atoms with Crippen LogP contribution >= 0.6 is 0 Å². The number of hydrogen-bond acceptors (Lipinski definition) is 0. The van der Waals surface area contributed by atoms with Gasteiger partial charge in [-0.2, -0.15) is 0 Å². The Bertz CT molecular complexity index is 255. The highest BCUT2D eigenvalue weighted by Gasteiger charge is 1.75. The summed E-state index contributed by atoms with van der Waals surface area (Å²) in [5, 5.41) is 0. The van der Waals surface area contributed by atoms with Crippen LogP contribution in [0.4, 0.5) is 0 Å². The topological polar surface area (TPSA) is 0 Å². The minimum atomic E-state index is 1.17. The quantitative estimate of drug-likeness (QED) is 0.590. The molecule has 1 rings (SSSR count). The van der Waals surface area contributed by atoms with E-state index < -0.39 is 0 Å². The lowest BCUT2D eigenvalue weighted by Gasteiger charge is -1.85. The monoisotopic (exact) mass is 172 g/mol. The Kier molecular flexibility index (Phi) is 7.51. The third-order valence-corrected chi connectivity index (χ3v) is 1.36. The molecule has 68 valence electrons. The van der Waals surface area contributed by atoms with Crippen LogP contribution in [0.3, 0.4) is 0 Å². The zero-order valence-electron chi connectivity index (χ0n) is 8.11. The van der Waals surface area contributed by atoms with Crippen LogP contribution in [0.2, 0.25) is 0 Å². The Labute approximate surface area is 80.9 Å². The minimum Gasteiger partial charge on any atom is -0.0991 e. The average molecular weight is 172 g/mol. The summed E-state index contributed by atoms with van der Waals surface area (Å²) in [7, 11) is 0. The second-order valence-electron chi connectivity index (χ2n) is 2.38. The van der Waals surface area contributed by atoms with Gasteiger partial charge in [0.2, 0.25) is 0 Å². The van der Waals surface area contributed by atoms with Gasteiger partial charge in [0.05, 0.1) is 0 Å². The Morgan fingerprint density at radius 1 is 1.08 bits per heavy atom. The Hall–Kier alpha value is -1.56. The molecular weight excluding hydrogens is 156 g/mol. The van der Waals surface area contributed by atoms with Gasteiger partial charge in [0.1, 0.15) is 0 Å². The maximum Gasteiger partial charge on any atom is -0.0263 e. The third-order valence-electron chi connectivity index (χ3n) is 1.36. The molecule has 1 aromatic rings. The van der Waals surface area contributed by atoms with E-state index in [2.05, 4.69) is 13.2 Å². The fourth-order valence-corrected chi connectivity index (χ4v) is 0.725. The molecule has 0 bridgehead atoms. The predicted molar refractivity (Wildman–Crippen MR) is 61.5 cm³/mol. The summed E-state index contributed by atoms with van der Waals surface area (Å²) in [5.74, 6) is 0. The van der Waals surface area contributed by atoms with Crippen molar-refractivity contribution in [3.05, 3.63) is 67.3 Å². The zero-order chi connectivity index (χ0) is 9.94. The lowest BCUT2D eigenvalue weighted by Crippen LogP contribution is -1.63. The molecule has 0 atom stereocenters. The summed E-state index contributed by atoms with van der Waals surface area (Å²) in [4.78, 5) is 0. The Balaban J connectivity index is 0.000000252. The van der Waals surface area contributed by atoms with Gasteiger partial charge in [0.15, 0.2) is 0 Å². The first-order valence-corrected chi connectivity index (χ1v) is 4.26. The molecule has 0 amide bonds. The molecule has 0 heterocycles. The molecule has 0 spiro atoms. The molecule has 0 aliphatic carbocycles. The van der Waals surface area contributed by atoms with Gasteiger partial charge in [0.25, 0.3) is 0 Å². The lowest BCUT2D eigenvalue weighted by atomic mass is 10.2. The van der Waals surface area contributed by atoms with E-state index in [4.69, 9.17) is 0 Å². The summed E-state index contributed by atoms with van der Waals surface area (Å²) >= 11 is 0. The van der Waals surface area contributed by atoms with E-state index in [0.29, 0.717) is 0 Å². The van der Waals surface area contributed by atoms with Crippen molar-refractivity contribution in [2.45, 2.75) is 6.92 Å². The third kappa shape index (κ3) is 6.82. The Morgan fingerprint density at radius 2 is 1.69 bits per heavy atom. The van der Waals surface area contributed by atoms with Gasteiger partial charge in [0, 0.05) is 0 Å². The standard InChI is InChI=1S/C8H8.C5H8/c1-2-8-6-4-3-5-7-8;1-3-5-4-2/h2-7H,1H2;3-5H,1H2,2H3/b;5-4-. The predicted octanol–water partition coefficient (Wildman–Crippen LogP) is 4.08. The highest BCUT2D eigenvalue weighted by Crippen LogP contribution is 1.97. The van der Waals surface area contributed by atoms with Gasteiger partial charge in [-0.25, -0.2) is 0 Å². The van der Waals surface area contributed by atoms with E-state index in [1.807, 2.05) is 55.5 Å². The van der Waals surface area contributed by atoms with Crippen molar-refractivity contribution in [2.24, 2.45) is 0 Å². The molecule has 0 aliphatic rings. The van der Waals surface area contributed by atoms with Crippen molar-refractivity contribution >= 4 is 6.08 Å². The van der Waals surface area contributed by atoms with Gasteiger partial charge >= 0.3 is 0 Å². The molecule has 1 aromatic carbocycles. The van der Waals surface area contributed by atoms with Crippen LogP contribution in [0.5, 0.6) is 0 Å². The molecule has 0 radical (unpaired) electrons. The molecular formula is C13H16. The summed E-state index contributed by atoms with van der Waals surface area (Å²) in [6.07, 6.45) is 7.41. The molecule has 0 fully saturated rings. The van der Waals surface area contributed by atoms with Crippen LogP contribution < -0.4 is 0 Å². The summed E-state index contributed by atoms with van der Waals surface area (Å²) in [6.45, 7) is 9.05. The van der Waals surface area contributed by atoms with Gasteiger partial charge in [-0.05, 0) is 12.5 Å². The SMILES string of the molecule is C=C/C=C\C.C=Cc1ccccc1. The van der Waals surface area contributed by atoms with E-state index in [0.717, 1.165) is 0 Å². The van der Waals surface area contributed by atoms with E-state index in [1.165, 1.54) is 5.56 Å². The van der Waals surface area contributed by atoms with Gasteiger partial charge in [-0.1, -0.05) is 67.8 Å². The molecule has 0 unspecified atom stereocenters. The van der Waals surface area contributed by atoms with Crippen LogP contribution in [0.1, 0.15) is 12.5 Å². The molecule has 0 N–H and O–H groups in total. The number of benzene rings is 1. The van der Waals surface area contributed by atoms with Crippen molar-refractivity contribution in [1.29, 1.82) is 0 Å². The van der Waals surface area contributed by atoms with Crippen LogP contribution in [-0.2, 0) is 0 Å². The fraction of sp³-hybridized carbons (Fsp3) is 0.0769. The smallest absolute Gasteiger partial charge is 0.0263 e. The number of allylic oxidation sites excluding steroid dienone is 3. The first kappa shape index (κ1) is 11.4. The molecule has 0 saturated heterocycles. The highest BCUT2D eigenvalue weighted by molar-refractivity contribution is 5.45. The summed E-state index contributed by atoms with van der Waals surface area (Å²) < 4.78 is 0. The fourth-order valence-electron chi connectivity index (χ4n) is 0.725. The first-order chi connectivity index (χ1) is 6.35. The molecule has 0 heteroatoms. The van der Waals surface area contributed by atoms with E-state index >= 15 is 0 Å². The normalized spacial score (nSPS) is 8.69. The molecule has 0 aromatic heterocycles. The summed E-state index contributed by atoms with van der Waals surface area (Å²) in [6, 6.07) is 10.0. The maximum atomic E-state index is 3.63. The highest BCUT2D eigenvalue weighted by atomic mass is 13.8. The van der Waals surface area contributed by atoms with E-state index in [9.17, 15) is 0 Å². The van der Waals surface area contributed by atoms with Crippen molar-refractivity contribution in [1.82, 2.24) is 0 Å². The molecule has 0 saturated carbocycles. The van der Waals surface area contributed by atoms with E-state index in [1.54, 1.807) is 6.08 Å². The van der Waals surface area contributed by atoms with Crippen molar-refractivity contribution in [2.75, 3.05) is 0 Å². The van der Waals surface area contributed by atoms with E-state index in [-0.39, 0.29) is 0 Å². The van der Waals surface area contributed by atoms with Gasteiger partial charge in [-0.3, -0.25) is 0 Å². The number of hydrogen-bond donors (Lipinski definition) is 0. The average Bonchev–Trinajstić information content (AvgIpc) is 2.21.